The van der Waals surface area contributed by atoms with Gasteiger partial charge >= 0.3 is 10.1 Å². The summed E-state index contributed by atoms with van der Waals surface area (Å²) in [6, 6.07) is 16.5. The number of hydrogen-bond donors (Lipinski definition) is 0. The summed E-state index contributed by atoms with van der Waals surface area (Å²) in [5, 5.41) is 11.6. The summed E-state index contributed by atoms with van der Waals surface area (Å²) in [5.41, 5.74) is 0.680. The second-order valence-corrected chi connectivity index (χ2v) is 8.25. The number of nitrogens with zero attached hydrogens (tertiary/aromatic N) is 1. The first-order valence-corrected chi connectivity index (χ1v) is 10.8. The molecular weight excluding hydrogens is 434 g/mol. The largest absolute Gasteiger partial charge is 0.493 e. The monoisotopic (exact) mass is 453 g/mol. The van der Waals surface area contributed by atoms with Crippen molar-refractivity contribution in [3.05, 3.63) is 99.6 Å². The second kappa shape index (κ2) is 9.44. The van der Waals surface area contributed by atoms with Crippen LogP contribution in [0, 0.1) is 17.0 Å². The van der Waals surface area contributed by atoms with Crippen LogP contribution in [-0.4, -0.2) is 26.2 Å². The van der Waals surface area contributed by atoms with E-state index in [1.54, 1.807) is 30.3 Å². The molecule has 0 fully saturated rings. The number of rotatable bonds is 8. The van der Waals surface area contributed by atoms with E-state index in [1.165, 1.54) is 37.4 Å². The van der Waals surface area contributed by atoms with Crippen LogP contribution in [0.1, 0.15) is 21.5 Å². The summed E-state index contributed by atoms with van der Waals surface area (Å²) in [4.78, 5) is 23.3. The standard InChI is InChI=1S/C23H19NO7S/c1-16-8-10-17(11-9-16)21(25)14-12-19-20(24(26)27)13-15-22(30-2)23(19)31-32(28,29)18-6-4-3-5-7-18/h3-15H,1-2H3/b14-12+. The van der Waals surface area contributed by atoms with Crippen molar-refractivity contribution in [1.29, 1.82) is 0 Å². The van der Waals surface area contributed by atoms with E-state index < -0.39 is 32.3 Å². The highest BCUT2D eigenvalue weighted by Crippen LogP contribution is 2.40. The molecule has 0 saturated carbocycles. The van der Waals surface area contributed by atoms with Crippen LogP contribution in [-0.2, 0) is 10.1 Å². The highest BCUT2D eigenvalue weighted by molar-refractivity contribution is 7.87. The van der Waals surface area contributed by atoms with Crippen molar-refractivity contribution in [2.75, 3.05) is 7.11 Å². The van der Waals surface area contributed by atoms with E-state index in [0.29, 0.717) is 5.56 Å². The Hall–Kier alpha value is -3.98. The molecule has 0 heterocycles. The van der Waals surface area contributed by atoms with Gasteiger partial charge in [-0.05, 0) is 37.3 Å². The average molecular weight is 453 g/mol. The van der Waals surface area contributed by atoms with Gasteiger partial charge in [0.2, 0.25) is 0 Å². The van der Waals surface area contributed by atoms with Gasteiger partial charge in [-0.2, -0.15) is 8.42 Å². The van der Waals surface area contributed by atoms with Gasteiger partial charge in [0.05, 0.1) is 12.0 Å². The zero-order valence-corrected chi connectivity index (χ0v) is 18.0. The third kappa shape index (κ3) is 5.01. The molecule has 0 saturated heterocycles. The van der Waals surface area contributed by atoms with Gasteiger partial charge in [-0.1, -0.05) is 48.0 Å². The van der Waals surface area contributed by atoms with E-state index in [9.17, 15) is 23.3 Å². The minimum absolute atomic E-state index is 0.0439. The lowest BCUT2D eigenvalue weighted by Gasteiger charge is -2.13. The Morgan fingerprint density at radius 2 is 1.66 bits per heavy atom. The van der Waals surface area contributed by atoms with Crippen LogP contribution in [0.4, 0.5) is 5.69 Å². The number of carbonyl (C=O) groups is 1. The van der Waals surface area contributed by atoms with E-state index in [-0.39, 0.29) is 16.2 Å². The molecule has 32 heavy (non-hydrogen) atoms. The maximum Gasteiger partial charge on any atom is 0.339 e. The van der Waals surface area contributed by atoms with Crippen molar-refractivity contribution in [1.82, 2.24) is 0 Å². The highest BCUT2D eigenvalue weighted by Gasteiger charge is 2.26. The summed E-state index contributed by atoms with van der Waals surface area (Å²) in [7, 11) is -3.06. The predicted octanol–water partition coefficient (Wildman–Crippen LogP) is 4.58. The Morgan fingerprint density at radius 3 is 2.25 bits per heavy atom. The lowest BCUT2D eigenvalue weighted by Crippen LogP contribution is -2.12. The van der Waals surface area contributed by atoms with Crippen molar-refractivity contribution >= 4 is 27.7 Å². The normalized spacial score (nSPS) is 11.3. The molecule has 164 valence electrons. The van der Waals surface area contributed by atoms with Gasteiger partial charge in [0, 0.05) is 11.6 Å². The summed E-state index contributed by atoms with van der Waals surface area (Å²) in [6.07, 6.45) is 2.27. The van der Waals surface area contributed by atoms with E-state index in [1.807, 2.05) is 6.92 Å². The van der Waals surface area contributed by atoms with Gasteiger partial charge < -0.3 is 8.92 Å². The highest BCUT2D eigenvalue weighted by atomic mass is 32.2. The van der Waals surface area contributed by atoms with Gasteiger partial charge in [-0.25, -0.2) is 0 Å². The van der Waals surface area contributed by atoms with Crippen LogP contribution in [0.25, 0.3) is 6.08 Å². The smallest absolute Gasteiger partial charge is 0.339 e. The number of methoxy groups -OCH3 is 1. The lowest BCUT2D eigenvalue weighted by molar-refractivity contribution is -0.385. The third-order valence-corrected chi connectivity index (χ3v) is 5.75. The second-order valence-electron chi connectivity index (χ2n) is 6.70. The summed E-state index contributed by atoms with van der Waals surface area (Å²) in [5.74, 6) is -0.852. The molecule has 3 aromatic carbocycles. The van der Waals surface area contributed by atoms with E-state index >= 15 is 0 Å². The van der Waals surface area contributed by atoms with E-state index in [2.05, 4.69) is 0 Å². The molecule has 0 amide bonds. The first-order chi connectivity index (χ1) is 15.2. The number of benzene rings is 3. The van der Waals surface area contributed by atoms with Gasteiger partial charge in [-0.15, -0.1) is 0 Å². The summed E-state index contributed by atoms with van der Waals surface area (Å²) >= 11 is 0. The van der Waals surface area contributed by atoms with Crippen LogP contribution in [0.5, 0.6) is 11.5 Å². The maximum atomic E-state index is 12.8. The fraction of sp³-hybridized carbons (Fsp3) is 0.0870. The molecule has 0 bridgehead atoms. The fourth-order valence-corrected chi connectivity index (χ4v) is 3.83. The molecule has 0 unspecified atom stereocenters. The maximum absolute atomic E-state index is 12.8. The Bertz CT molecular complexity index is 1280. The number of nitro benzene ring substituents is 1. The molecule has 3 rings (SSSR count). The molecule has 0 aliphatic rings. The van der Waals surface area contributed by atoms with E-state index in [0.717, 1.165) is 23.8 Å². The third-order valence-electron chi connectivity index (χ3n) is 4.52. The van der Waals surface area contributed by atoms with Crippen LogP contribution >= 0.6 is 0 Å². The predicted molar refractivity (Wildman–Crippen MR) is 118 cm³/mol. The molecule has 0 aliphatic carbocycles. The molecule has 9 heteroatoms. The van der Waals surface area contributed by atoms with Crippen molar-refractivity contribution in [3.8, 4) is 11.5 Å². The van der Waals surface area contributed by atoms with Gasteiger partial charge in [0.15, 0.2) is 17.3 Å². The Morgan fingerprint density at radius 1 is 1.00 bits per heavy atom. The molecule has 3 aromatic rings. The van der Waals surface area contributed by atoms with Crippen molar-refractivity contribution in [2.24, 2.45) is 0 Å². The topological polar surface area (TPSA) is 113 Å². The molecule has 0 aromatic heterocycles. The molecule has 8 nitrogen and oxygen atoms in total. The van der Waals surface area contributed by atoms with Crippen LogP contribution in [0.3, 0.4) is 0 Å². The zero-order valence-electron chi connectivity index (χ0n) is 17.2. The zero-order chi connectivity index (χ0) is 23.3. The first kappa shape index (κ1) is 22.7. The minimum atomic E-state index is -4.33. The summed E-state index contributed by atoms with van der Waals surface area (Å²) < 4.78 is 36.0. The molecule has 0 spiro atoms. The van der Waals surface area contributed by atoms with E-state index in [4.69, 9.17) is 8.92 Å². The Labute approximate surface area is 185 Å². The number of ketones is 1. The first-order valence-electron chi connectivity index (χ1n) is 9.37. The fourth-order valence-electron chi connectivity index (χ4n) is 2.85. The van der Waals surface area contributed by atoms with Crippen LogP contribution < -0.4 is 8.92 Å². The molecule has 0 aliphatic heterocycles. The average Bonchev–Trinajstić information content (AvgIpc) is 2.78. The SMILES string of the molecule is COc1ccc([N+](=O)[O-])c(/C=C/C(=O)c2ccc(C)cc2)c1OS(=O)(=O)c1ccccc1. The number of carbonyl (C=O) groups excluding carboxylic acids is 1. The Kier molecular flexibility index (Phi) is 6.70. The van der Waals surface area contributed by atoms with Gasteiger partial charge in [0.25, 0.3) is 5.69 Å². The quantitative estimate of drug-likeness (QED) is 0.161. The summed E-state index contributed by atoms with van der Waals surface area (Å²) in [6.45, 7) is 1.88. The number of allylic oxidation sites excluding steroid dienone is 1. The van der Waals surface area contributed by atoms with Crippen LogP contribution in [0.15, 0.2) is 77.7 Å². The number of ether oxygens (including phenoxy) is 1. The lowest BCUT2D eigenvalue weighted by atomic mass is 10.1. The number of aryl methyl sites for hydroxylation is 1. The van der Waals surface area contributed by atoms with Gasteiger partial charge in [-0.3, -0.25) is 14.9 Å². The number of nitro groups is 1. The van der Waals surface area contributed by atoms with Gasteiger partial charge in [0.1, 0.15) is 10.5 Å². The van der Waals surface area contributed by atoms with Crippen molar-refractivity contribution in [3.63, 3.8) is 0 Å². The molecular formula is C23H19NO7S. The molecule has 0 N–H and O–H groups in total. The van der Waals surface area contributed by atoms with Crippen LogP contribution in [0.2, 0.25) is 0 Å². The number of hydrogen-bond acceptors (Lipinski definition) is 7. The van der Waals surface area contributed by atoms with Crippen molar-refractivity contribution < 1.29 is 27.1 Å². The minimum Gasteiger partial charge on any atom is -0.493 e. The molecule has 0 radical (unpaired) electrons. The van der Waals surface area contributed by atoms with Crippen molar-refractivity contribution in [2.45, 2.75) is 11.8 Å². The Balaban J connectivity index is 2.10. The molecule has 0 atom stereocenters.